The van der Waals surface area contributed by atoms with Gasteiger partial charge in [0.25, 0.3) is 5.91 Å². The number of halogens is 5. The predicted molar refractivity (Wildman–Crippen MR) is 96.5 cm³/mol. The molecule has 12 heteroatoms. The number of benzene rings is 1. The van der Waals surface area contributed by atoms with Crippen LogP contribution in [0, 0.1) is 17.6 Å². The van der Waals surface area contributed by atoms with Crippen molar-refractivity contribution in [3.8, 4) is 11.5 Å². The second-order valence-corrected chi connectivity index (χ2v) is 7.20. The minimum absolute atomic E-state index is 0.159. The van der Waals surface area contributed by atoms with Crippen molar-refractivity contribution in [2.24, 2.45) is 5.92 Å². The third-order valence-corrected chi connectivity index (χ3v) is 5.44. The van der Waals surface area contributed by atoms with Gasteiger partial charge in [0, 0.05) is 17.4 Å². The highest BCUT2D eigenvalue weighted by Crippen LogP contribution is 2.54. The number of ether oxygens (including phenoxy) is 2. The standard InChI is InChI=1S/C19H18F5N3O4/c1-8-12(10-4-5-11(20)13(21)14(10)30-3)15(31-18(8,2)19(22,23)24)16(29)27-17-25-6-9(28)7-26-17/h4-8,12,15,28H,1-3H3,(H,25,26,27,29)/t8-,12-,15+,18+/m0/s1. The monoisotopic (exact) mass is 447 g/mol. The van der Waals surface area contributed by atoms with Gasteiger partial charge in [0.05, 0.1) is 19.5 Å². The Morgan fingerprint density at radius 3 is 2.42 bits per heavy atom. The van der Waals surface area contributed by atoms with Crippen LogP contribution in [-0.2, 0) is 9.53 Å². The predicted octanol–water partition coefficient (Wildman–Crippen LogP) is 3.55. The summed E-state index contributed by atoms with van der Waals surface area (Å²) in [6, 6.07) is 1.79. The number of nitrogens with one attached hydrogen (secondary N) is 1. The lowest BCUT2D eigenvalue weighted by molar-refractivity contribution is -0.272. The molecular formula is C19H18F5N3O4. The fourth-order valence-corrected chi connectivity index (χ4v) is 3.61. The van der Waals surface area contributed by atoms with Crippen LogP contribution in [-0.4, -0.2) is 46.0 Å². The van der Waals surface area contributed by atoms with Crippen LogP contribution in [0.2, 0.25) is 0 Å². The Kier molecular flexibility index (Phi) is 5.78. The maximum Gasteiger partial charge on any atom is 0.417 e. The summed E-state index contributed by atoms with van der Waals surface area (Å²) in [4.78, 5) is 20.1. The summed E-state index contributed by atoms with van der Waals surface area (Å²) in [6.07, 6.45) is -4.70. The first kappa shape index (κ1) is 22.7. The van der Waals surface area contributed by atoms with E-state index in [2.05, 4.69) is 15.3 Å². The molecule has 2 N–H and O–H groups in total. The number of methoxy groups -OCH3 is 1. The van der Waals surface area contributed by atoms with Crippen LogP contribution in [0.25, 0.3) is 0 Å². The Bertz CT molecular complexity index is 986. The van der Waals surface area contributed by atoms with Gasteiger partial charge in [-0.15, -0.1) is 0 Å². The molecular weight excluding hydrogens is 429 g/mol. The van der Waals surface area contributed by atoms with Gasteiger partial charge < -0.3 is 14.6 Å². The van der Waals surface area contributed by atoms with Crippen molar-refractivity contribution in [3.63, 3.8) is 0 Å². The largest absolute Gasteiger partial charge is 0.505 e. The van der Waals surface area contributed by atoms with Crippen molar-refractivity contribution < 1.29 is 41.3 Å². The molecule has 3 rings (SSSR count). The third kappa shape index (κ3) is 3.87. The summed E-state index contributed by atoms with van der Waals surface area (Å²) >= 11 is 0. The second kappa shape index (κ2) is 7.91. The number of aromatic hydroxyl groups is 1. The minimum Gasteiger partial charge on any atom is -0.505 e. The molecule has 1 aromatic carbocycles. The molecule has 0 aliphatic carbocycles. The summed E-state index contributed by atoms with van der Waals surface area (Å²) in [6.45, 7) is 1.98. The van der Waals surface area contributed by atoms with E-state index in [9.17, 15) is 31.9 Å². The van der Waals surface area contributed by atoms with Crippen LogP contribution in [0.4, 0.5) is 27.9 Å². The highest BCUT2D eigenvalue weighted by molar-refractivity contribution is 5.94. The summed E-state index contributed by atoms with van der Waals surface area (Å²) in [7, 11) is 1.03. The molecule has 168 valence electrons. The molecule has 0 unspecified atom stereocenters. The zero-order chi connectivity index (χ0) is 23.1. The number of hydrogen-bond donors (Lipinski definition) is 2. The maximum atomic E-state index is 14.3. The van der Waals surface area contributed by atoms with Gasteiger partial charge in [-0.05, 0) is 13.0 Å². The molecule has 1 saturated heterocycles. The van der Waals surface area contributed by atoms with E-state index in [-0.39, 0.29) is 17.3 Å². The number of amides is 1. The highest BCUT2D eigenvalue weighted by atomic mass is 19.4. The topological polar surface area (TPSA) is 93.6 Å². The first-order chi connectivity index (χ1) is 14.4. The van der Waals surface area contributed by atoms with Crippen molar-refractivity contribution >= 4 is 11.9 Å². The molecule has 7 nitrogen and oxygen atoms in total. The Hall–Kier alpha value is -3.02. The quantitative estimate of drug-likeness (QED) is 0.697. The Labute approximate surface area is 173 Å². The lowest BCUT2D eigenvalue weighted by Gasteiger charge is -2.32. The van der Waals surface area contributed by atoms with Crippen LogP contribution >= 0.6 is 0 Å². The summed E-state index contributed by atoms with van der Waals surface area (Å²) in [5, 5.41) is 11.4. The number of hydrogen-bond acceptors (Lipinski definition) is 6. The summed E-state index contributed by atoms with van der Waals surface area (Å²) in [5.74, 6) is -7.64. The Balaban J connectivity index is 2.07. The van der Waals surface area contributed by atoms with E-state index in [1.807, 2.05) is 0 Å². The lowest BCUT2D eigenvalue weighted by Crippen LogP contribution is -2.47. The number of aromatic nitrogens is 2. The van der Waals surface area contributed by atoms with Crippen molar-refractivity contribution in [2.75, 3.05) is 12.4 Å². The van der Waals surface area contributed by atoms with E-state index in [1.54, 1.807) is 0 Å². The number of rotatable bonds is 4. The fourth-order valence-electron chi connectivity index (χ4n) is 3.61. The molecule has 1 fully saturated rings. The van der Waals surface area contributed by atoms with Crippen molar-refractivity contribution in [1.82, 2.24) is 9.97 Å². The molecule has 1 aromatic heterocycles. The first-order valence-electron chi connectivity index (χ1n) is 8.99. The van der Waals surface area contributed by atoms with Gasteiger partial charge >= 0.3 is 6.18 Å². The van der Waals surface area contributed by atoms with E-state index in [1.165, 1.54) is 6.92 Å². The molecule has 1 amide bonds. The first-order valence-corrected chi connectivity index (χ1v) is 8.99. The SMILES string of the molecule is COc1c([C@H]2[C@H](C(=O)Nc3ncc(O)cn3)O[C@@](C)(C(F)(F)F)[C@H]2C)ccc(F)c1F. The van der Waals surface area contributed by atoms with Gasteiger partial charge in [-0.25, -0.2) is 14.4 Å². The van der Waals surface area contributed by atoms with Gasteiger partial charge in [-0.1, -0.05) is 13.0 Å². The zero-order valence-electron chi connectivity index (χ0n) is 16.5. The highest BCUT2D eigenvalue weighted by Gasteiger charge is 2.66. The zero-order valence-corrected chi connectivity index (χ0v) is 16.5. The number of anilines is 1. The van der Waals surface area contributed by atoms with Crippen LogP contribution in [0.15, 0.2) is 24.5 Å². The van der Waals surface area contributed by atoms with Crippen molar-refractivity contribution in [3.05, 3.63) is 41.7 Å². The molecule has 0 spiro atoms. The van der Waals surface area contributed by atoms with Crippen molar-refractivity contribution in [1.29, 1.82) is 0 Å². The van der Waals surface area contributed by atoms with Gasteiger partial charge in [-0.2, -0.15) is 17.6 Å². The lowest BCUT2D eigenvalue weighted by atomic mass is 9.77. The van der Waals surface area contributed by atoms with E-state index < -0.39 is 53.0 Å². The molecule has 4 atom stereocenters. The summed E-state index contributed by atoms with van der Waals surface area (Å²) in [5.41, 5.74) is -2.93. The van der Waals surface area contributed by atoms with E-state index in [0.29, 0.717) is 0 Å². The number of carbonyl (C=O) groups is 1. The molecule has 2 aromatic rings. The van der Waals surface area contributed by atoms with Gasteiger partial charge in [-0.3, -0.25) is 10.1 Å². The molecule has 0 bridgehead atoms. The minimum atomic E-state index is -4.87. The number of carbonyl (C=O) groups excluding carboxylic acids is 1. The van der Waals surface area contributed by atoms with E-state index in [0.717, 1.165) is 38.6 Å². The fraction of sp³-hybridized carbons (Fsp3) is 0.421. The van der Waals surface area contributed by atoms with Gasteiger partial charge in [0.2, 0.25) is 11.8 Å². The normalized spacial score (nSPS) is 26.0. The van der Waals surface area contributed by atoms with Gasteiger partial charge in [0.1, 0.15) is 6.10 Å². The summed E-state index contributed by atoms with van der Waals surface area (Å²) < 4.78 is 79.6. The number of alkyl halides is 3. The molecule has 1 aliphatic heterocycles. The maximum absolute atomic E-state index is 14.3. The molecule has 1 aliphatic rings. The van der Waals surface area contributed by atoms with E-state index in [4.69, 9.17) is 9.47 Å². The number of nitrogens with zero attached hydrogens (tertiary/aromatic N) is 2. The van der Waals surface area contributed by atoms with Crippen LogP contribution < -0.4 is 10.1 Å². The Morgan fingerprint density at radius 2 is 1.87 bits per heavy atom. The molecule has 0 saturated carbocycles. The van der Waals surface area contributed by atoms with Crippen LogP contribution in [0.3, 0.4) is 0 Å². The van der Waals surface area contributed by atoms with Crippen LogP contribution in [0.5, 0.6) is 11.5 Å². The molecule has 0 radical (unpaired) electrons. The smallest absolute Gasteiger partial charge is 0.417 e. The molecule has 31 heavy (non-hydrogen) atoms. The Morgan fingerprint density at radius 1 is 1.26 bits per heavy atom. The van der Waals surface area contributed by atoms with Gasteiger partial charge in [0.15, 0.2) is 22.9 Å². The van der Waals surface area contributed by atoms with Crippen LogP contribution in [0.1, 0.15) is 25.3 Å². The average molecular weight is 447 g/mol. The van der Waals surface area contributed by atoms with Crippen molar-refractivity contribution in [2.45, 2.75) is 37.6 Å². The second-order valence-electron chi connectivity index (χ2n) is 7.20. The average Bonchev–Trinajstić information content (AvgIpc) is 2.98. The van der Waals surface area contributed by atoms with E-state index >= 15 is 0 Å². The molecule has 2 heterocycles. The third-order valence-electron chi connectivity index (χ3n) is 5.44.